The van der Waals surface area contributed by atoms with Gasteiger partial charge >= 0.3 is 12.1 Å². The van der Waals surface area contributed by atoms with Gasteiger partial charge in [-0.3, -0.25) is 4.90 Å². The molecular formula is C35H36F3N3O3S. The molecule has 0 radical (unpaired) electrons. The first-order valence-electron chi connectivity index (χ1n) is 15.3. The summed E-state index contributed by atoms with van der Waals surface area (Å²) in [6, 6.07) is 25.6. The fourth-order valence-electron chi connectivity index (χ4n) is 5.87. The number of carbonyl (C=O) groups is 1. The van der Waals surface area contributed by atoms with Gasteiger partial charge < -0.3 is 19.3 Å². The van der Waals surface area contributed by atoms with E-state index >= 15 is 0 Å². The minimum absolute atomic E-state index is 0.299. The van der Waals surface area contributed by atoms with E-state index in [1.807, 2.05) is 71.6 Å². The number of alkyl halides is 3. The third-order valence-corrected chi connectivity index (χ3v) is 9.44. The van der Waals surface area contributed by atoms with E-state index < -0.39 is 17.8 Å². The molecule has 0 N–H and O–H groups in total. The van der Waals surface area contributed by atoms with E-state index in [0.29, 0.717) is 31.1 Å². The molecule has 2 aliphatic rings. The Kier molecular flexibility index (Phi) is 9.53. The number of hydrogen-bond acceptors (Lipinski definition) is 7. The van der Waals surface area contributed by atoms with Gasteiger partial charge in [-0.15, -0.1) is 0 Å². The minimum Gasteiger partial charge on any atom is -0.478 e. The lowest BCUT2D eigenvalue weighted by Gasteiger charge is -2.36. The maximum absolute atomic E-state index is 13.5. The highest BCUT2D eigenvalue weighted by molar-refractivity contribution is 7.99. The number of para-hydroxylation sites is 1. The molecule has 1 fully saturated rings. The normalized spacial score (nSPS) is 16.2. The summed E-state index contributed by atoms with van der Waals surface area (Å²) in [5, 5.41) is 2.01. The Morgan fingerprint density at radius 3 is 2.31 bits per heavy atom. The Bertz CT molecular complexity index is 1640. The van der Waals surface area contributed by atoms with Crippen molar-refractivity contribution < 1.29 is 27.4 Å². The van der Waals surface area contributed by atoms with Gasteiger partial charge in [0.05, 0.1) is 16.9 Å². The van der Waals surface area contributed by atoms with E-state index in [0.717, 1.165) is 65.4 Å². The fraction of sp³-hybridized carbons (Fsp3) is 0.343. The van der Waals surface area contributed by atoms with Crippen molar-refractivity contribution in [2.75, 3.05) is 57.3 Å². The van der Waals surface area contributed by atoms with Crippen LogP contribution in [-0.2, 0) is 15.7 Å². The lowest BCUT2D eigenvalue weighted by Crippen LogP contribution is -2.48. The van der Waals surface area contributed by atoms with Gasteiger partial charge in [-0.05, 0) is 61.7 Å². The summed E-state index contributed by atoms with van der Waals surface area (Å²) in [7, 11) is 0. The zero-order valence-corrected chi connectivity index (χ0v) is 25.9. The molecule has 0 amide bonds. The summed E-state index contributed by atoms with van der Waals surface area (Å²) in [6.07, 6.45) is -4.28. The van der Waals surface area contributed by atoms with E-state index in [1.165, 1.54) is 23.9 Å². The Morgan fingerprint density at radius 1 is 0.822 bits per heavy atom. The Morgan fingerprint density at radius 2 is 1.51 bits per heavy atom. The van der Waals surface area contributed by atoms with E-state index in [2.05, 4.69) is 9.80 Å². The molecule has 1 unspecified atom stereocenters. The monoisotopic (exact) mass is 635 g/mol. The second kappa shape index (κ2) is 13.7. The molecular weight excluding hydrogens is 599 g/mol. The predicted molar refractivity (Wildman–Crippen MR) is 172 cm³/mol. The summed E-state index contributed by atoms with van der Waals surface area (Å²) in [4.78, 5) is 21.2. The number of fused-ring (bicyclic) bond motifs is 3. The first kappa shape index (κ1) is 31.3. The van der Waals surface area contributed by atoms with Crippen LogP contribution >= 0.6 is 11.8 Å². The molecule has 0 bridgehead atoms. The lowest BCUT2D eigenvalue weighted by atomic mass is 10.1. The third-order valence-electron chi connectivity index (χ3n) is 8.31. The summed E-state index contributed by atoms with van der Waals surface area (Å²) in [6.45, 7) is 7.63. The van der Waals surface area contributed by atoms with E-state index in [-0.39, 0.29) is 5.97 Å². The zero-order valence-electron chi connectivity index (χ0n) is 25.1. The maximum atomic E-state index is 13.5. The molecule has 2 heterocycles. The molecule has 6 rings (SSSR count). The van der Waals surface area contributed by atoms with Gasteiger partial charge in [-0.2, -0.15) is 13.2 Å². The molecule has 1 atom stereocenters. The highest BCUT2D eigenvalue weighted by atomic mass is 32.2. The number of halogens is 3. The number of ether oxygens (including phenoxy) is 2. The van der Waals surface area contributed by atoms with E-state index in [1.54, 1.807) is 13.0 Å². The molecule has 4 aromatic rings. The van der Waals surface area contributed by atoms with Crippen LogP contribution in [0.5, 0.6) is 5.75 Å². The summed E-state index contributed by atoms with van der Waals surface area (Å²) in [5.41, 5.74) is 0.940. The highest BCUT2D eigenvalue weighted by Gasteiger charge is 2.33. The van der Waals surface area contributed by atoms with Crippen molar-refractivity contribution in [1.29, 1.82) is 0 Å². The van der Waals surface area contributed by atoms with Crippen molar-refractivity contribution in [3.8, 4) is 5.75 Å². The number of piperazine rings is 1. The largest absolute Gasteiger partial charge is 0.478 e. The standard InChI is InChI=1S/C35H36F3N3O3S/c1-25(44-31-12-6-9-26-8-2-3-10-28(26)31)34(42)43-23-22-40-20-18-39(19-21-40)16-7-17-41-29-11-4-5-13-32(29)45-33-15-14-27(24-30(33)41)35(36,37)38/h2-6,8-15,24-25H,7,16-23H2,1H3. The van der Waals surface area contributed by atoms with Gasteiger partial charge in [0.25, 0.3) is 0 Å². The number of benzene rings is 4. The van der Waals surface area contributed by atoms with Crippen LogP contribution in [-0.4, -0.2) is 74.3 Å². The fourth-order valence-corrected chi connectivity index (χ4v) is 6.94. The van der Waals surface area contributed by atoms with Gasteiger partial charge in [-0.25, -0.2) is 4.79 Å². The van der Waals surface area contributed by atoms with Crippen molar-refractivity contribution in [2.24, 2.45) is 0 Å². The van der Waals surface area contributed by atoms with Crippen LogP contribution in [0.25, 0.3) is 10.8 Å². The SMILES string of the molecule is CC(Oc1cccc2ccccc12)C(=O)OCCN1CCN(CCCN2c3ccccc3Sc3ccc(C(F)(F)F)cc32)CC1. The molecule has 1 saturated heterocycles. The maximum Gasteiger partial charge on any atom is 0.416 e. The smallest absolute Gasteiger partial charge is 0.416 e. The van der Waals surface area contributed by atoms with Crippen molar-refractivity contribution in [1.82, 2.24) is 9.80 Å². The highest BCUT2D eigenvalue weighted by Crippen LogP contribution is 2.49. The Hall–Kier alpha value is -3.73. The molecule has 0 saturated carbocycles. The zero-order chi connectivity index (χ0) is 31.4. The summed E-state index contributed by atoms with van der Waals surface area (Å²) in [5.74, 6) is 0.274. The quantitative estimate of drug-likeness (QED) is 0.168. The van der Waals surface area contributed by atoms with Crippen LogP contribution in [0.3, 0.4) is 0 Å². The van der Waals surface area contributed by atoms with Crippen LogP contribution in [0.2, 0.25) is 0 Å². The number of rotatable bonds is 10. The van der Waals surface area contributed by atoms with E-state index in [4.69, 9.17) is 9.47 Å². The van der Waals surface area contributed by atoms with Crippen LogP contribution < -0.4 is 9.64 Å². The second-order valence-corrected chi connectivity index (χ2v) is 12.4. The van der Waals surface area contributed by atoms with Crippen LogP contribution in [0.1, 0.15) is 18.9 Å². The van der Waals surface area contributed by atoms with Crippen LogP contribution in [0, 0.1) is 0 Å². The molecule has 6 nitrogen and oxygen atoms in total. The number of carbonyl (C=O) groups excluding carboxylic acids is 1. The average molecular weight is 636 g/mol. The van der Waals surface area contributed by atoms with Crippen molar-refractivity contribution in [3.05, 3.63) is 90.5 Å². The third kappa shape index (κ3) is 7.40. The molecule has 2 aliphatic heterocycles. The Labute approximate surface area is 265 Å². The van der Waals surface area contributed by atoms with Gasteiger partial charge in [0, 0.05) is 54.4 Å². The lowest BCUT2D eigenvalue weighted by molar-refractivity contribution is -0.151. The average Bonchev–Trinajstić information content (AvgIpc) is 3.04. The Balaban J connectivity index is 0.949. The molecule has 10 heteroatoms. The number of hydrogen-bond donors (Lipinski definition) is 0. The van der Waals surface area contributed by atoms with Crippen LogP contribution in [0.15, 0.2) is 94.7 Å². The van der Waals surface area contributed by atoms with Crippen molar-refractivity contribution in [3.63, 3.8) is 0 Å². The first-order chi connectivity index (χ1) is 21.8. The molecule has 236 valence electrons. The van der Waals surface area contributed by atoms with Gasteiger partial charge in [0.2, 0.25) is 0 Å². The van der Waals surface area contributed by atoms with Crippen molar-refractivity contribution >= 4 is 39.9 Å². The first-order valence-corrected chi connectivity index (χ1v) is 16.1. The molecule has 45 heavy (non-hydrogen) atoms. The summed E-state index contributed by atoms with van der Waals surface area (Å²) >= 11 is 1.51. The summed E-state index contributed by atoms with van der Waals surface area (Å²) < 4.78 is 52.0. The second-order valence-electron chi connectivity index (χ2n) is 11.3. The molecule has 0 spiro atoms. The topological polar surface area (TPSA) is 45.3 Å². The minimum atomic E-state index is -4.39. The van der Waals surface area contributed by atoms with Crippen LogP contribution in [0.4, 0.5) is 24.5 Å². The van der Waals surface area contributed by atoms with Gasteiger partial charge in [0.1, 0.15) is 12.4 Å². The molecule has 0 aromatic heterocycles. The number of anilines is 2. The van der Waals surface area contributed by atoms with Gasteiger partial charge in [-0.1, -0.05) is 60.3 Å². The van der Waals surface area contributed by atoms with Crippen molar-refractivity contribution in [2.45, 2.75) is 35.4 Å². The predicted octanol–water partition coefficient (Wildman–Crippen LogP) is 7.48. The number of nitrogens with zero attached hydrogens (tertiary/aromatic N) is 3. The van der Waals surface area contributed by atoms with Gasteiger partial charge in [0.15, 0.2) is 6.10 Å². The molecule has 4 aromatic carbocycles. The molecule has 0 aliphatic carbocycles. The number of esters is 1. The van der Waals surface area contributed by atoms with E-state index in [9.17, 15) is 18.0 Å².